The van der Waals surface area contributed by atoms with E-state index in [0.29, 0.717) is 6.42 Å². The second-order valence-electron chi connectivity index (χ2n) is 5.39. The topological polar surface area (TPSA) is 74.4 Å². The first-order chi connectivity index (χ1) is 11.5. The number of ether oxygens (including phenoxy) is 1. The van der Waals surface area contributed by atoms with Gasteiger partial charge in [-0.25, -0.2) is 18.9 Å². The first-order valence-electron chi connectivity index (χ1n) is 7.30. The Morgan fingerprint density at radius 2 is 2.21 bits per heavy atom. The van der Waals surface area contributed by atoms with Crippen LogP contribution in [0.3, 0.4) is 0 Å². The molecule has 0 fully saturated rings. The number of carbonyl (C=O) groups is 2. The van der Waals surface area contributed by atoms with Crippen molar-refractivity contribution in [3.8, 4) is 0 Å². The van der Waals surface area contributed by atoms with Crippen LogP contribution in [0.5, 0.6) is 0 Å². The highest BCUT2D eigenvalue weighted by Gasteiger charge is 2.36. The highest BCUT2D eigenvalue weighted by atomic mass is 35.5. The molecule has 0 spiro atoms. The van der Waals surface area contributed by atoms with Crippen molar-refractivity contribution in [2.75, 3.05) is 12.4 Å². The zero-order valence-corrected chi connectivity index (χ0v) is 13.6. The summed E-state index contributed by atoms with van der Waals surface area (Å²) >= 11 is 5.71. The van der Waals surface area contributed by atoms with Crippen molar-refractivity contribution in [2.45, 2.75) is 18.9 Å². The molecular weight excluding hydrogens is 337 g/mol. The van der Waals surface area contributed by atoms with E-state index in [1.54, 1.807) is 6.20 Å². The Balaban J connectivity index is 1.85. The molecule has 3 rings (SSSR count). The van der Waals surface area contributed by atoms with Crippen LogP contribution < -0.4 is 5.32 Å². The minimum absolute atomic E-state index is 0.119. The SMILES string of the molecule is COC(=O)N(C(=O)Nc1ccc(F)c(Cl)c1)[C@H]1CCc2c[nH]cc21. The van der Waals surface area contributed by atoms with Crippen LogP contribution in [0.15, 0.2) is 30.6 Å². The zero-order chi connectivity index (χ0) is 17.3. The van der Waals surface area contributed by atoms with E-state index in [0.717, 1.165) is 28.5 Å². The Kier molecular flexibility index (Phi) is 4.44. The summed E-state index contributed by atoms with van der Waals surface area (Å²) in [4.78, 5) is 28.7. The van der Waals surface area contributed by atoms with E-state index in [4.69, 9.17) is 16.3 Å². The summed E-state index contributed by atoms with van der Waals surface area (Å²) in [6.07, 6.45) is 4.23. The van der Waals surface area contributed by atoms with Gasteiger partial charge in [0.2, 0.25) is 0 Å². The number of nitrogens with one attached hydrogen (secondary N) is 2. The quantitative estimate of drug-likeness (QED) is 0.855. The summed E-state index contributed by atoms with van der Waals surface area (Å²) in [7, 11) is 1.21. The molecule has 1 aromatic carbocycles. The number of urea groups is 1. The van der Waals surface area contributed by atoms with Crippen LogP contribution in [0.4, 0.5) is 19.7 Å². The molecule has 2 aromatic rings. The molecule has 0 radical (unpaired) electrons. The molecule has 8 heteroatoms. The third-order valence-corrected chi connectivity index (χ3v) is 4.28. The molecule has 1 aromatic heterocycles. The van der Waals surface area contributed by atoms with Gasteiger partial charge in [-0.3, -0.25) is 0 Å². The summed E-state index contributed by atoms with van der Waals surface area (Å²) in [5.41, 5.74) is 2.23. The molecule has 2 N–H and O–H groups in total. The van der Waals surface area contributed by atoms with Crippen molar-refractivity contribution in [3.63, 3.8) is 0 Å². The van der Waals surface area contributed by atoms with Crippen LogP contribution in [0.2, 0.25) is 5.02 Å². The molecule has 126 valence electrons. The van der Waals surface area contributed by atoms with E-state index in [2.05, 4.69) is 10.3 Å². The lowest BCUT2D eigenvalue weighted by Crippen LogP contribution is -2.42. The van der Waals surface area contributed by atoms with Gasteiger partial charge in [0.15, 0.2) is 0 Å². The van der Waals surface area contributed by atoms with Gasteiger partial charge in [-0.15, -0.1) is 0 Å². The predicted octanol–water partition coefficient (Wildman–Crippen LogP) is 4.10. The summed E-state index contributed by atoms with van der Waals surface area (Å²) in [6.45, 7) is 0. The number of imide groups is 1. The average molecular weight is 352 g/mol. The fourth-order valence-electron chi connectivity index (χ4n) is 2.86. The van der Waals surface area contributed by atoms with E-state index in [-0.39, 0.29) is 10.7 Å². The number of benzene rings is 1. The van der Waals surface area contributed by atoms with Crippen molar-refractivity contribution in [2.24, 2.45) is 0 Å². The van der Waals surface area contributed by atoms with Gasteiger partial charge in [0.25, 0.3) is 0 Å². The number of nitrogens with zero attached hydrogens (tertiary/aromatic N) is 1. The summed E-state index contributed by atoms with van der Waals surface area (Å²) in [6, 6.07) is 2.70. The highest BCUT2D eigenvalue weighted by Crippen LogP contribution is 2.36. The maximum absolute atomic E-state index is 13.2. The summed E-state index contributed by atoms with van der Waals surface area (Å²) in [5, 5.41) is 2.43. The molecule has 0 saturated heterocycles. The largest absolute Gasteiger partial charge is 0.452 e. The third kappa shape index (κ3) is 2.94. The van der Waals surface area contributed by atoms with Gasteiger partial charge in [0.05, 0.1) is 18.2 Å². The van der Waals surface area contributed by atoms with Gasteiger partial charge in [-0.05, 0) is 42.2 Å². The smallest absolute Gasteiger partial charge is 0.418 e. The molecule has 1 heterocycles. The van der Waals surface area contributed by atoms with Gasteiger partial charge in [-0.2, -0.15) is 0 Å². The number of aromatic nitrogens is 1. The number of hydrogen-bond donors (Lipinski definition) is 2. The second kappa shape index (κ2) is 6.52. The van der Waals surface area contributed by atoms with Crippen molar-refractivity contribution in [1.29, 1.82) is 0 Å². The molecule has 24 heavy (non-hydrogen) atoms. The number of anilines is 1. The van der Waals surface area contributed by atoms with E-state index >= 15 is 0 Å². The van der Waals surface area contributed by atoms with Gasteiger partial charge in [0.1, 0.15) is 5.82 Å². The minimum Gasteiger partial charge on any atom is -0.452 e. The zero-order valence-electron chi connectivity index (χ0n) is 12.8. The molecule has 0 unspecified atom stereocenters. The maximum Gasteiger partial charge on any atom is 0.418 e. The average Bonchev–Trinajstić information content (AvgIpc) is 3.16. The number of halogens is 2. The molecule has 1 aliphatic rings. The van der Waals surface area contributed by atoms with Gasteiger partial charge < -0.3 is 15.0 Å². The fourth-order valence-corrected chi connectivity index (χ4v) is 3.04. The fraction of sp³-hybridized carbons (Fsp3) is 0.250. The standard InChI is InChI=1S/C16H15ClFN3O3/c1-24-16(23)21(14-5-2-9-7-19-8-11(9)14)15(22)20-10-3-4-13(18)12(17)6-10/h3-4,6-8,14,19H,2,5H2,1H3,(H,20,22)/t14-/m0/s1. The van der Waals surface area contributed by atoms with Crippen LogP contribution in [0.1, 0.15) is 23.6 Å². The first-order valence-corrected chi connectivity index (χ1v) is 7.68. The second-order valence-corrected chi connectivity index (χ2v) is 5.80. The number of H-pyrrole nitrogens is 1. The predicted molar refractivity (Wildman–Crippen MR) is 86.5 cm³/mol. The first kappa shape index (κ1) is 16.3. The lowest BCUT2D eigenvalue weighted by atomic mass is 10.1. The Bertz CT molecular complexity index is 793. The Hall–Kier alpha value is -2.54. The third-order valence-electron chi connectivity index (χ3n) is 3.99. The number of methoxy groups -OCH3 is 1. The highest BCUT2D eigenvalue weighted by molar-refractivity contribution is 6.31. The van der Waals surface area contributed by atoms with Gasteiger partial charge in [-0.1, -0.05) is 11.6 Å². The Labute approximate surface area is 142 Å². The van der Waals surface area contributed by atoms with Crippen molar-refractivity contribution in [3.05, 3.63) is 52.6 Å². The van der Waals surface area contributed by atoms with Crippen LogP contribution in [0.25, 0.3) is 0 Å². The Morgan fingerprint density at radius 1 is 1.42 bits per heavy atom. The van der Waals surface area contributed by atoms with Crippen molar-refractivity contribution < 1.29 is 18.7 Å². The van der Waals surface area contributed by atoms with E-state index in [1.165, 1.54) is 19.2 Å². The van der Waals surface area contributed by atoms with Crippen LogP contribution in [-0.2, 0) is 11.2 Å². The van der Waals surface area contributed by atoms with Crippen molar-refractivity contribution >= 4 is 29.4 Å². The molecule has 6 nitrogen and oxygen atoms in total. The number of hydrogen-bond acceptors (Lipinski definition) is 3. The van der Waals surface area contributed by atoms with E-state index in [9.17, 15) is 14.0 Å². The molecule has 1 aliphatic carbocycles. The van der Waals surface area contributed by atoms with Crippen molar-refractivity contribution in [1.82, 2.24) is 9.88 Å². The maximum atomic E-state index is 13.2. The van der Waals surface area contributed by atoms with Gasteiger partial charge >= 0.3 is 12.1 Å². The molecule has 0 aliphatic heterocycles. The monoisotopic (exact) mass is 351 g/mol. The van der Waals surface area contributed by atoms with Crippen LogP contribution in [-0.4, -0.2) is 29.1 Å². The van der Waals surface area contributed by atoms with E-state index in [1.807, 2.05) is 6.20 Å². The number of carbonyl (C=O) groups excluding carboxylic acids is 2. The lowest BCUT2D eigenvalue weighted by molar-refractivity contribution is 0.118. The normalized spacial score (nSPS) is 15.7. The van der Waals surface area contributed by atoms with Crippen LogP contribution >= 0.6 is 11.6 Å². The number of rotatable bonds is 2. The van der Waals surface area contributed by atoms with Gasteiger partial charge in [0, 0.05) is 18.1 Å². The molecular formula is C16H15ClFN3O3. The summed E-state index contributed by atoms with van der Waals surface area (Å²) in [5.74, 6) is -0.591. The van der Waals surface area contributed by atoms with E-state index < -0.39 is 24.0 Å². The molecule has 0 bridgehead atoms. The minimum atomic E-state index is -0.764. The molecule has 3 amide bonds. The number of fused-ring (bicyclic) bond motifs is 1. The number of amides is 3. The number of aryl methyl sites for hydroxylation is 1. The van der Waals surface area contributed by atoms with Crippen LogP contribution in [0, 0.1) is 5.82 Å². The molecule has 0 saturated carbocycles. The Morgan fingerprint density at radius 3 is 2.92 bits per heavy atom. The summed E-state index contributed by atoms with van der Waals surface area (Å²) < 4.78 is 18.0. The number of aromatic amines is 1. The molecule has 1 atom stereocenters. The lowest BCUT2D eigenvalue weighted by Gasteiger charge is -2.26.